The number of fused-ring (bicyclic) bond motifs is 1. The Bertz CT molecular complexity index is 733. The summed E-state index contributed by atoms with van der Waals surface area (Å²) in [5.41, 5.74) is 0.658. The van der Waals surface area contributed by atoms with E-state index in [2.05, 4.69) is 20.3 Å². The molecule has 6 heteroatoms. The lowest BCUT2D eigenvalue weighted by Crippen LogP contribution is -2.40. The average molecular weight is 302 g/mol. The fourth-order valence-corrected chi connectivity index (χ4v) is 1.97. The highest BCUT2D eigenvalue weighted by atomic mass is 16.2. The van der Waals surface area contributed by atoms with Crippen LogP contribution in [-0.2, 0) is 0 Å². The first-order valence-electron chi connectivity index (χ1n) is 7.20. The zero-order valence-corrected chi connectivity index (χ0v) is 13.9. The molecule has 0 radical (unpaired) electrons. The molecule has 0 saturated carbocycles. The van der Waals surface area contributed by atoms with Crippen molar-refractivity contribution < 1.29 is 9.59 Å². The van der Waals surface area contributed by atoms with Crippen molar-refractivity contribution in [3.8, 4) is 0 Å². The summed E-state index contributed by atoms with van der Waals surface area (Å²) >= 11 is 0. The van der Waals surface area contributed by atoms with Crippen LogP contribution in [0.3, 0.4) is 0 Å². The normalized spacial score (nSPS) is 12.5. The third-order valence-electron chi connectivity index (χ3n) is 3.03. The molecule has 2 N–H and O–H groups in total. The molecule has 0 aromatic carbocycles. The Labute approximate surface area is 129 Å². The summed E-state index contributed by atoms with van der Waals surface area (Å²) in [5, 5.41) is 2.88. The Hall–Kier alpha value is -2.24. The lowest BCUT2D eigenvalue weighted by atomic mass is 9.89. The van der Waals surface area contributed by atoms with Gasteiger partial charge in [-0.2, -0.15) is 0 Å². The van der Waals surface area contributed by atoms with E-state index in [0.717, 1.165) is 0 Å². The van der Waals surface area contributed by atoms with Gasteiger partial charge in [0, 0.05) is 17.2 Å². The average Bonchev–Trinajstić information content (AvgIpc) is 2.77. The van der Waals surface area contributed by atoms with Gasteiger partial charge in [-0.15, -0.1) is 0 Å². The molecule has 2 rings (SSSR count). The number of Topliss-reactive ketones (excluding diaryl/α,β-unsaturated/α-hetero) is 1. The van der Waals surface area contributed by atoms with Gasteiger partial charge in [0.2, 0.25) is 0 Å². The SMILES string of the molecule is CC(C)(C)NC(=O)c1c[nH]c2ncc(C(=O)C(C)(C)C)nc12. The smallest absolute Gasteiger partial charge is 0.255 e. The minimum atomic E-state index is -0.549. The van der Waals surface area contributed by atoms with Crippen LogP contribution in [0.15, 0.2) is 12.4 Å². The minimum Gasteiger partial charge on any atom is -0.347 e. The van der Waals surface area contributed by atoms with Gasteiger partial charge in [0.05, 0.1) is 11.8 Å². The second-order valence-corrected chi connectivity index (χ2v) is 7.44. The molecule has 0 atom stereocenters. The second-order valence-electron chi connectivity index (χ2n) is 7.44. The van der Waals surface area contributed by atoms with Crippen LogP contribution in [0.1, 0.15) is 62.4 Å². The highest BCUT2D eigenvalue weighted by Crippen LogP contribution is 2.21. The van der Waals surface area contributed by atoms with Crippen LogP contribution in [0.4, 0.5) is 0 Å². The molecule has 2 aromatic heterocycles. The maximum atomic E-state index is 12.3. The molecule has 0 saturated heterocycles. The molecule has 0 unspecified atom stereocenters. The summed E-state index contributed by atoms with van der Waals surface area (Å²) < 4.78 is 0. The van der Waals surface area contributed by atoms with E-state index >= 15 is 0 Å². The monoisotopic (exact) mass is 302 g/mol. The number of rotatable bonds is 2. The van der Waals surface area contributed by atoms with Gasteiger partial charge >= 0.3 is 0 Å². The molecule has 2 heterocycles. The van der Waals surface area contributed by atoms with Crippen molar-refractivity contribution in [1.29, 1.82) is 0 Å². The number of amides is 1. The van der Waals surface area contributed by atoms with Crippen molar-refractivity contribution in [2.75, 3.05) is 0 Å². The highest BCUT2D eigenvalue weighted by Gasteiger charge is 2.26. The van der Waals surface area contributed by atoms with Gasteiger partial charge in [-0.05, 0) is 20.8 Å². The van der Waals surface area contributed by atoms with E-state index in [1.165, 1.54) is 6.20 Å². The van der Waals surface area contributed by atoms with Crippen molar-refractivity contribution in [2.45, 2.75) is 47.1 Å². The molecule has 22 heavy (non-hydrogen) atoms. The molecule has 0 aliphatic carbocycles. The van der Waals surface area contributed by atoms with E-state index in [1.807, 2.05) is 41.5 Å². The number of hydrogen-bond donors (Lipinski definition) is 2. The molecule has 0 aliphatic heterocycles. The van der Waals surface area contributed by atoms with Crippen LogP contribution in [0, 0.1) is 5.41 Å². The lowest BCUT2D eigenvalue weighted by Gasteiger charge is -2.20. The Morgan fingerprint density at radius 1 is 1.14 bits per heavy atom. The van der Waals surface area contributed by atoms with Crippen LogP contribution in [0.5, 0.6) is 0 Å². The fraction of sp³-hybridized carbons (Fsp3) is 0.500. The van der Waals surface area contributed by atoms with E-state index in [9.17, 15) is 9.59 Å². The molecule has 2 aromatic rings. The fourth-order valence-electron chi connectivity index (χ4n) is 1.97. The number of carbonyl (C=O) groups excluding carboxylic acids is 2. The molecule has 118 valence electrons. The molecular formula is C16H22N4O2. The second kappa shape index (κ2) is 5.19. The van der Waals surface area contributed by atoms with Gasteiger partial charge in [0.15, 0.2) is 11.4 Å². The summed E-state index contributed by atoms with van der Waals surface area (Å²) in [6.45, 7) is 11.2. The number of ketones is 1. The third-order valence-corrected chi connectivity index (χ3v) is 3.03. The highest BCUT2D eigenvalue weighted by molar-refractivity contribution is 6.06. The van der Waals surface area contributed by atoms with Crippen molar-refractivity contribution in [3.05, 3.63) is 23.7 Å². The Kier molecular flexibility index (Phi) is 3.81. The molecule has 0 fully saturated rings. The number of nitrogens with one attached hydrogen (secondary N) is 2. The Balaban J connectivity index is 2.46. The summed E-state index contributed by atoms with van der Waals surface area (Å²) in [5.74, 6) is -0.348. The first-order chi connectivity index (χ1) is 9.99. The molecule has 1 amide bonds. The maximum absolute atomic E-state index is 12.3. The number of nitrogens with zero attached hydrogens (tertiary/aromatic N) is 2. The van der Waals surface area contributed by atoms with E-state index in [4.69, 9.17) is 0 Å². The number of H-pyrrole nitrogens is 1. The number of hydrogen-bond acceptors (Lipinski definition) is 4. The van der Waals surface area contributed by atoms with E-state index in [0.29, 0.717) is 16.7 Å². The van der Waals surface area contributed by atoms with E-state index < -0.39 is 5.41 Å². The van der Waals surface area contributed by atoms with Crippen molar-refractivity contribution >= 4 is 22.9 Å². The third kappa shape index (κ3) is 3.32. The first-order valence-corrected chi connectivity index (χ1v) is 7.20. The molecule has 0 bridgehead atoms. The summed E-state index contributed by atoms with van der Waals surface area (Å²) in [7, 11) is 0. The quantitative estimate of drug-likeness (QED) is 0.835. The van der Waals surface area contributed by atoms with Crippen molar-refractivity contribution in [2.24, 2.45) is 5.41 Å². The zero-order valence-electron chi connectivity index (χ0n) is 13.9. The summed E-state index contributed by atoms with van der Waals surface area (Å²) in [6.07, 6.45) is 3.01. The van der Waals surface area contributed by atoms with Crippen LogP contribution >= 0.6 is 0 Å². The van der Waals surface area contributed by atoms with Crippen LogP contribution in [-0.4, -0.2) is 32.2 Å². The molecule has 6 nitrogen and oxygen atoms in total. The van der Waals surface area contributed by atoms with Gasteiger partial charge in [-0.3, -0.25) is 9.59 Å². The maximum Gasteiger partial charge on any atom is 0.255 e. The van der Waals surface area contributed by atoms with Crippen molar-refractivity contribution in [3.63, 3.8) is 0 Å². The predicted molar refractivity (Wildman–Crippen MR) is 84.9 cm³/mol. The lowest BCUT2D eigenvalue weighted by molar-refractivity contribution is 0.0851. The number of carbonyl (C=O) groups is 2. The van der Waals surface area contributed by atoms with Crippen LogP contribution < -0.4 is 5.32 Å². The van der Waals surface area contributed by atoms with Gasteiger partial charge in [-0.1, -0.05) is 20.8 Å². The van der Waals surface area contributed by atoms with Gasteiger partial charge < -0.3 is 10.3 Å². The van der Waals surface area contributed by atoms with Crippen LogP contribution in [0.25, 0.3) is 11.2 Å². The largest absolute Gasteiger partial charge is 0.347 e. The Morgan fingerprint density at radius 3 is 2.32 bits per heavy atom. The van der Waals surface area contributed by atoms with E-state index in [1.54, 1.807) is 6.20 Å². The molecule has 0 spiro atoms. The molecular weight excluding hydrogens is 280 g/mol. The number of aromatic amines is 1. The van der Waals surface area contributed by atoms with Gasteiger partial charge in [-0.25, -0.2) is 9.97 Å². The number of aromatic nitrogens is 3. The molecule has 0 aliphatic rings. The standard InChI is InChI=1S/C16H22N4O2/c1-15(2,3)12(21)10-8-18-13-11(19-10)9(7-17-13)14(22)20-16(4,5)6/h7-8H,1-6H3,(H,17,18)(H,20,22). The van der Waals surface area contributed by atoms with Gasteiger partial charge in [0.1, 0.15) is 11.2 Å². The summed E-state index contributed by atoms with van der Waals surface area (Å²) in [4.78, 5) is 36.1. The van der Waals surface area contributed by atoms with E-state index in [-0.39, 0.29) is 22.9 Å². The van der Waals surface area contributed by atoms with Crippen LogP contribution in [0.2, 0.25) is 0 Å². The van der Waals surface area contributed by atoms with Gasteiger partial charge in [0.25, 0.3) is 5.91 Å². The zero-order chi connectivity index (χ0) is 16.7. The minimum absolute atomic E-state index is 0.106. The topological polar surface area (TPSA) is 87.7 Å². The predicted octanol–water partition coefficient (Wildman–Crippen LogP) is 2.72. The first kappa shape index (κ1) is 16.1. The Morgan fingerprint density at radius 2 is 1.77 bits per heavy atom. The van der Waals surface area contributed by atoms with Crippen molar-refractivity contribution in [1.82, 2.24) is 20.3 Å². The summed E-state index contributed by atoms with van der Waals surface area (Å²) in [6, 6.07) is 0.